The van der Waals surface area contributed by atoms with Gasteiger partial charge in [-0.05, 0) is 60.9 Å². The lowest BCUT2D eigenvalue weighted by molar-refractivity contribution is 0.0734. The standard InChI is InChI=1S/C19H21NO4S/c1-3-24-17-7-4-14-10-11-20(13-16(14)12-17)19(21)15-5-8-18(9-6-15)25(2,22)23/h4-9,12H,3,10-11,13H2,1-2H3. The number of nitrogens with zero attached hydrogens (tertiary/aromatic N) is 1. The fraction of sp³-hybridized carbons (Fsp3) is 0.316. The van der Waals surface area contributed by atoms with Crippen molar-refractivity contribution in [3.05, 3.63) is 59.2 Å². The molecular weight excluding hydrogens is 338 g/mol. The molecule has 0 aliphatic carbocycles. The van der Waals surface area contributed by atoms with Gasteiger partial charge in [-0.25, -0.2) is 8.42 Å². The van der Waals surface area contributed by atoms with E-state index in [4.69, 9.17) is 4.74 Å². The first-order valence-electron chi connectivity index (χ1n) is 8.22. The number of sulfone groups is 1. The van der Waals surface area contributed by atoms with Crippen LogP contribution < -0.4 is 4.74 Å². The smallest absolute Gasteiger partial charge is 0.254 e. The number of carbonyl (C=O) groups excluding carboxylic acids is 1. The Morgan fingerprint density at radius 3 is 2.48 bits per heavy atom. The minimum Gasteiger partial charge on any atom is -0.494 e. The van der Waals surface area contributed by atoms with E-state index in [2.05, 4.69) is 6.07 Å². The molecule has 1 aliphatic rings. The molecule has 0 spiro atoms. The van der Waals surface area contributed by atoms with Crippen molar-refractivity contribution in [2.45, 2.75) is 24.8 Å². The van der Waals surface area contributed by atoms with Crippen LogP contribution in [0.1, 0.15) is 28.4 Å². The third-order valence-electron chi connectivity index (χ3n) is 4.32. The zero-order chi connectivity index (χ0) is 18.0. The molecule has 0 N–H and O–H groups in total. The predicted octanol–water partition coefficient (Wildman–Crippen LogP) is 2.69. The average molecular weight is 359 g/mol. The van der Waals surface area contributed by atoms with E-state index >= 15 is 0 Å². The van der Waals surface area contributed by atoms with Crippen molar-refractivity contribution >= 4 is 15.7 Å². The molecule has 1 amide bonds. The Morgan fingerprint density at radius 1 is 1.12 bits per heavy atom. The van der Waals surface area contributed by atoms with Gasteiger partial charge in [-0.1, -0.05) is 6.07 Å². The highest BCUT2D eigenvalue weighted by molar-refractivity contribution is 7.90. The molecule has 6 heteroatoms. The van der Waals surface area contributed by atoms with Gasteiger partial charge >= 0.3 is 0 Å². The molecule has 0 radical (unpaired) electrons. The largest absolute Gasteiger partial charge is 0.494 e. The quantitative estimate of drug-likeness (QED) is 0.842. The van der Waals surface area contributed by atoms with Gasteiger partial charge < -0.3 is 9.64 Å². The molecular formula is C19H21NO4S. The summed E-state index contributed by atoms with van der Waals surface area (Å²) in [7, 11) is -3.26. The average Bonchev–Trinajstić information content (AvgIpc) is 2.60. The molecule has 1 aliphatic heterocycles. The van der Waals surface area contributed by atoms with Gasteiger partial charge in [0.05, 0.1) is 11.5 Å². The minimum atomic E-state index is -3.26. The van der Waals surface area contributed by atoms with Crippen molar-refractivity contribution in [2.24, 2.45) is 0 Å². The van der Waals surface area contributed by atoms with Gasteiger partial charge in [0.2, 0.25) is 0 Å². The topological polar surface area (TPSA) is 63.7 Å². The lowest BCUT2D eigenvalue weighted by atomic mass is 9.99. The van der Waals surface area contributed by atoms with Gasteiger partial charge in [0.1, 0.15) is 5.75 Å². The summed E-state index contributed by atoms with van der Waals surface area (Å²) in [4.78, 5) is 14.7. The maximum absolute atomic E-state index is 12.7. The summed E-state index contributed by atoms with van der Waals surface area (Å²) >= 11 is 0. The van der Waals surface area contributed by atoms with E-state index in [1.807, 2.05) is 19.1 Å². The third kappa shape index (κ3) is 3.85. The van der Waals surface area contributed by atoms with Crippen molar-refractivity contribution < 1.29 is 17.9 Å². The third-order valence-corrected chi connectivity index (χ3v) is 5.45. The first kappa shape index (κ1) is 17.5. The summed E-state index contributed by atoms with van der Waals surface area (Å²) < 4.78 is 28.6. The number of amides is 1. The second-order valence-corrected chi connectivity index (χ2v) is 8.15. The molecule has 0 saturated carbocycles. The van der Waals surface area contributed by atoms with E-state index in [1.54, 1.807) is 17.0 Å². The van der Waals surface area contributed by atoms with Crippen molar-refractivity contribution in [1.82, 2.24) is 4.90 Å². The molecule has 132 valence electrons. The van der Waals surface area contributed by atoms with Crippen LogP contribution in [0, 0.1) is 0 Å². The number of rotatable bonds is 4. The van der Waals surface area contributed by atoms with Crippen LogP contribution in [0.3, 0.4) is 0 Å². The van der Waals surface area contributed by atoms with Crippen molar-refractivity contribution in [3.8, 4) is 5.75 Å². The number of fused-ring (bicyclic) bond motifs is 1. The van der Waals surface area contributed by atoms with E-state index in [0.29, 0.717) is 25.3 Å². The number of ether oxygens (including phenoxy) is 1. The van der Waals surface area contributed by atoms with E-state index in [9.17, 15) is 13.2 Å². The Labute approximate surface area is 148 Å². The van der Waals surface area contributed by atoms with Gasteiger partial charge in [0.15, 0.2) is 9.84 Å². The molecule has 5 nitrogen and oxygen atoms in total. The SMILES string of the molecule is CCOc1ccc2c(c1)CN(C(=O)c1ccc(S(C)(=O)=O)cc1)CC2. The molecule has 0 saturated heterocycles. The highest BCUT2D eigenvalue weighted by atomic mass is 32.2. The highest BCUT2D eigenvalue weighted by Gasteiger charge is 2.22. The molecule has 0 bridgehead atoms. The number of hydrogen-bond acceptors (Lipinski definition) is 4. The Balaban J connectivity index is 1.79. The van der Waals surface area contributed by atoms with Crippen LogP contribution in [0.5, 0.6) is 5.75 Å². The summed E-state index contributed by atoms with van der Waals surface area (Å²) in [5.74, 6) is 0.723. The Morgan fingerprint density at radius 2 is 1.84 bits per heavy atom. The van der Waals surface area contributed by atoms with Crippen LogP contribution in [0.4, 0.5) is 0 Å². The molecule has 0 atom stereocenters. The number of benzene rings is 2. The fourth-order valence-corrected chi connectivity index (χ4v) is 3.62. The van der Waals surface area contributed by atoms with E-state index in [0.717, 1.165) is 24.0 Å². The van der Waals surface area contributed by atoms with E-state index in [-0.39, 0.29) is 10.8 Å². The summed E-state index contributed by atoms with van der Waals surface area (Å²) in [5.41, 5.74) is 2.83. The maximum Gasteiger partial charge on any atom is 0.254 e. The summed E-state index contributed by atoms with van der Waals surface area (Å²) in [6, 6.07) is 12.1. The first-order valence-corrected chi connectivity index (χ1v) is 10.1. The second kappa shape index (κ2) is 6.88. The first-order chi connectivity index (χ1) is 11.9. The maximum atomic E-state index is 12.7. The van der Waals surface area contributed by atoms with Crippen LogP contribution in [0.25, 0.3) is 0 Å². The molecule has 25 heavy (non-hydrogen) atoms. The zero-order valence-electron chi connectivity index (χ0n) is 14.4. The monoisotopic (exact) mass is 359 g/mol. The van der Waals surface area contributed by atoms with Crippen LogP contribution >= 0.6 is 0 Å². The number of hydrogen-bond donors (Lipinski definition) is 0. The van der Waals surface area contributed by atoms with Gasteiger partial charge in [-0.15, -0.1) is 0 Å². The molecule has 0 unspecified atom stereocenters. The molecule has 2 aromatic rings. The van der Waals surface area contributed by atoms with Crippen molar-refractivity contribution in [3.63, 3.8) is 0 Å². The molecule has 0 fully saturated rings. The highest BCUT2D eigenvalue weighted by Crippen LogP contribution is 2.25. The Bertz CT molecular complexity index is 888. The van der Waals surface area contributed by atoms with Crippen molar-refractivity contribution in [2.75, 3.05) is 19.4 Å². The van der Waals surface area contributed by atoms with E-state index in [1.165, 1.54) is 17.7 Å². The van der Waals surface area contributed by atoms with Crippen LogP contribution in [0.15, 0.2) is 47.4 Å². The molecule has 0 aromatic heterocycles. The summed E-state index contributed by atoms with van der Waals surface area (Å²) in [5, 5.41) is 0. The van der Waals surface area contributed by atoms with Gasteiger partial charge in [0, 0.05) is 24.9 Å². The molecule has 2 aromatic carbocycles. The van der Waals surface area contributed by atoms with Crippen LogP contribution in [-0.2, 0) is 22.8 Å². The summed E-state index contributed by atoms with van der Waals surface area (Å²) in [6.45, 7) is 3.72. The van der Waals surface area contributed by atoms with Gasteiger partial charge in [-0.2, -0.15) is 0 Å². The Hall–Kier alpha value is -2.34. The normalized spacial score (nSPS) is 14.1. The molecule has 1 heterocycles. The van der Waals surface area contributed by atoms with Gasteiger partial charge in [-0.3, -0.25) is 4.79 Å². The fourth-order valence-electron chi connectivity index (χ4n) is 2.99. The minimum absolute atomic E-state index is 0.0903. The summed E-state index contributed by atoms with van der Waals surface area (Å²) in [6.07, 6.45) is 1.95. The Kier molecular flexibility index (Phi) is 4.81. The number of carbonyl (C=O) groups is 1. The second-order valence-electron chi connectivity index (χ2n) is 6.14. The lowest BCUT2D eigenvalue weighted by Gasteiger charge is -2.29. The van der Waals surface area contributed by atoms with E-state index < -0.39 is 9.84 Å². The lowest BCUT2D eigenvalue weighted by Crippen LogP contribution is -2.35. The molecule has 3 rings (SSSR count). The van der Waals surface area contributed by atoms with Gasteiger partial charge in [0.25, 0.3) is 5.91 Å². The van der Waals surface area contributed by atoms with Crippen molar-refractivity contribution in [1.29, 1.82) is 0 Å². The van der Waals surface area contributed by atoms with Crippen LogP contribution in [0.2, 0.25) is 0 Å². The zero-order valence-corrected chi connectivity index (χ0v) is 15.2. The van der Waals surface area contributed by atoms with Crippen LogP contribution in [-0.4, -0.2) is 38.6 Å². The predicted molar refractivity (Wildman–Crippen MR) is 95.6 cm³/mol.